The van der Waals surface area contributed by atoms with Gasteiger partial charge in [-0.1, -0.05) is 36.4 Å². The van der Waals surface area contributed by atoms with E-state index >= 15 is 0 Å². The van der Waals surface area contributed by atoms with Crippen molar-refractivity contribution in [3.8, 4) is 0 Å². The zero-order chi connectivity index (χ0) is 42.4. The van der Waals surface area contributed by atoms with E-state index in [4.69, 9.17) is 18.9 Å². The first-order valence-corrected chi connectivity index (χ1v) is 18.7. The van der Waals surface area contributed by atoms with Crippen LogP contribution in [0.25, 0.3) is 6.08 Å². The van der Waals surface area contributed by atoms with Gasteiger partial charge in [0, 0.05) is 37.3 Å². The van der Waals surface area contributed by atoms with Gasteiger partial charge < -0.3 is 44.5 Å². The minimum absolute atomic E-state index is 0.0146. The molecule has 1 fully saturated rings. The predicted octanol–water partition coefficient (Wildman–Crippen LogP) is 3.40. The zero-order valence-electron chi connectivity index (χ0n) is 32.4. The van der Waals surface area contributed by atoms with Crippen LogP contribution in [-0.2, 0) is 55.7 Å². The van der Waals surface area contributed by atoms with Gasteiger partial charge >= 0.3 is 24.1 Å². The van der Waals surface area contributed by atoms with Crippen LogP contribution in [0.4, 0.5) is 13.2 Å². The van der Waals surface area contributed by atoms with Crippen LogP contribution in [-0.4, -0.2) is 107 Å². The Morgan fingerprint density at radius 3 is 2.31 bits per heavy atom. The SMILES string of the molecule is C[C@H](O)[C@@H](NC(=O)C1=C[C@H]2OC3(Cc4ccccc4C3)O[C@H]2[C@H](OC(=O)c2cccc(C=CC(=O)OCC(F)(F)F)c2)C1)C(=O)N[C@H](CO)CCC(=O)OC(C)(C)C. The molecule has 17 heteroatoms. The lowest BCUT2D eigenvalue weighted by Crippen LogP contribution is -2.55. The fourth-order valence-corrected chi connectivity index (χ4v) is 6.83. The summed E-state index contributed by atoms with van der Waals surface area (Å²) < 4.78 is 65.7. The molecule has 4 N–H and O–H groups in total. The van der Waals surface area contributed by atoms with E-state index in [1.54, 1.807) is 20.8 Å². The second-order valence-corrected chi connectivity index (χ2v) is 15.4. The number of aliphatic hydroxyl groups excluding tert-OH is 2. The first kappa shape index (κ1) is 44.0. The third kappa shape index (κ3) is 12.0. The maximum Gasteiger partial charge on any atom is 0.422 e. The molecular formula is C41H47F3N2O12. The van der Waals surface area contributed by atoms with E-state index in [-0.39, 0.29) is 36.0 Å². The number of amides is 2. The number of aliphatic hydroxyl groups is 2. The number of hydrogen-bond donors (Lipinski definition) is 4. The molecule has 0 radical (unpaired) electrons. The molecule has 1 aliphatic heterocycles. The molecule has 0 bridgehead atoms. The van der Waals surface area contributed by atoms with Crippen molar-refractivity contribution in [1.82, 2.24) is 10.6 Å². The lowest BCUT2D eigenvalue weighted by molar-refractivity contribution is -0.182. The summed E-state index contributed by atoms with van der Waals surface area (Å²) in [6, 6.07) is 11.0. The summed E-state index contributed by atoms with van der Waals surface area (Å²) in [5.74, 6) is -5.35. The van der Waals surface area contributed by atoms with E-state index < -0.39 is 97.0 Å². The molecule has 2 amide bonds. The Morgan fingerprint density at radius 1 is 1.00 bits per heavy atom. The molecule has 58 heavy (non-hydrogen) atoms. The normalized spacial score (nSPS) is 21.3. The van der Waals surface area contributed by atoms with Crippen molar-refractivity contribution in [1.29, 1.82) is 0 Å². The van der Waals surface area contributed by atoms with Crippen LogP contribution in [0.1, 0.15) is 74.0 Å². The van der Waals surface area contributed by atoms with E-state index in [2.05, 4.69) is 15.4 Å². The Morgan fingerprint density at radius 2 is 1.69 bits per heavy atom. The number of fused-ring (bicyclic) bond motifs is 2. The highest BCUT2D eigenvalue weighted by Gasteiger charge is 2.55. The molecule has 3 aliphatic rings. The van der Waals surface area contributed by atoms with Crippen molar-refractivity contribution in [3.63, 3.8) is 0 Å². The molecule has 2 aromatic rings. The topological polar surface area (TPSA) is 196 Å². The lowest BCUT2D eigenvalue weighted by Gasteiger charge is -2.31. The standard InChI is InChI=1S/C41H47F3N2O12/c1-23(48)34(37(52)45-29(21-47)13-15-33(50)57-39(2,3)4)46-36(51)28-17-30(35-31(18-28)56-40(58-35)19-26-9-5-6-10-27(26)20-40)55-38(53)25-11-7-8-24(16-25)12-14-32(49)54-22-41(42,43)44/h5-12,14,16,18,23,29-31,34-35,47-48H,13,15,17,19-22H2,1-4H3,(H,45,52)(H,46,51)/t23-,29-,30+,31+,34+,35-/m0/s1. The molecule has 314 valence electrons. The van der Waals surface area contributed by atoms with E-state index in [9.17, 15) is 47.4 Å². The maximum atomic E-state index is 13.8. The Kier molecular flexibility index (Phi) is 13.8. The minimum atomic E-state index is -4.69. The number of alkyl halides is 3. The summed E-state index contributed by atoms with van der Waals surface area (Å²) in [5.41, 5.74) is 1.63. The van der Waals surface area contributed by atoms with Gasteiger partial charge in [0.2, 0.25) is 11.8 Å². The lowest BCUT2D eigenvalue weighted by atomic mass is 9.91. The quantitative estimate of drug-likeness (QED) is 0.124. The minimum Gasteiger partial charge on any atom is -0.460 e. The smallest absolute Gasteiger partial charge is 0.422 e. The maximum absolute atomic E-state index is 13.8. The van der Waals surface area contributed by atoms with Gasteiger partial charge in [-0.25, -0.2) is 9.59 Å². The van der Waals surface area contributed by atoms with E-state index in [0.29, 0.717) is 12.8 Å². The number of rotatable bonds is 14. The highest BCUT2D eigenvalue weighted by molar-refractivity contribution is 5.98. The summed E-state index contributed by atoms with van der Waals surface area (Å²) in [6.07, 6.45) is -4.98. The Hall–Kier alpha value is -5.10. The van der Waals surface area contributed by atoms with Crippen LogP contribution in [0.5, 0.6) is 0 Å². The molecule has 0 saturated carbocycles. The number of nitrogens with one attached hydrogen (secondary N) is 2. The number of esters is 3. The third-order valence-electron chi connectivity index (χ3n) is 9.41. The van der Waals surface area contributed by atoms with Crippen molar-refractivity contribution in [2.45, 2.75) is 114 Å². The molecule has 5 rings (SSSR count). The van der Waals surface area contributed by atoms with Gasteiger partial charge in [0.1, 0.15) is 30.0 Å². The molecule has 0 aromatic heterocycles. The molecule has 1 spiro atoms. The van der Waals surface area contributed by atoms with Gasteiger partial charge in [0.05, 0.1) is 24.3 Å². The summed E-state index contributed by atoms with van der Waals surface area (Å²) in [4.78, 5) is 64.8. The fraction of sp³-hybridized carbons (Fsp3) is 0.488. The van der Waals surface area contributed by atoms with E-state index in [1.165, 1.54) is 43.3 Å². The number of halogens is 3. The number of carbonyl (C=O) groups is 5. The van der Waals surface area contributed by atoms with Crippen molar-refractivity contribution >= 4 is 35.8 Å². The first-order chi connectivity index (χ1) is 27.2. The van der Waals surface area contributed by atoms with Crippen LogP contribution >= 0.6 is 0 Å². The van der Waals surface area contributed by atoms with Crippen LogP contribution < -0.4 is 10.6 Å². The van der Waals surface area contributed by atoms with E-state index in [1.807, 2.05) is 24.3 Å². The van der Waals surface area contributed by atoms with Crippen molar-refractivity contribution in [2.24, 2.45) is 0 Å². The highest BCUT2D eigenvalue weighted by atomic mass is 19.4. The molecule has 6 atom stereocenters. The van der Waals surface area contributed by atoms with E-state index in [0.717, 1.165) is 17.2 Å². The van der Waals surface area contributed by atoms with Crippen molar-refractivity contribution in [3.05, 3.63) is 88.5 Å². The van der Waals surface area contributed by atoms with Gasteiger partial charge in [-0.15, -0.1) is 0 Å². The summed E-state index contributed by atoms with van der Waals surface area (Å²) in [7, 11) is 0. The number of hydrogen-bond acceptors (Lipinski definition) is 12. The predicted molar refractivity (Wildman–Crippen MR) is 198 cm³/mol. The largest absolute Gasteiger partial charge is 0.460 e. The van der Waals surface area contributed by atoms with Crippen molar-refractivity contribution < 1.29 is 71.0 Å². The average Bonchev–Trinajstić information content (AvgIpc) is 3.70. The number of carbonyl (C=O) groups excluding carboxylic acids is 5. The second-order valence-electron chi connectivity index (χ2n) is 15.4. The second kappa shape index (κ2) is 18.2. The van der Waals surface area contributed by atoms with Gasteiger partial charge in [-0.3, -0.25) is 14.4 Å². The zero-order valence-corrected chi connectivity index (χ0v) is 32.4. The summed E-state index contributed by atoms with van der Waals surface area (Å²) >= 11 is 0. The Balaban J connectivity index is 1.31. The van der Waals surface area contributed by atoms with Crippen LogP contribution in [0, 0.1) is 0 Å². The number of benzene rings is 2. The van der Waals surface area contributed by atoms with Gasteiger partial charge in [-0.2, -0.15) is 13.2 Å². The summed E-state index contributed by atoms with van der Waals surface area (Å²) in [5, 5.41) is 25.6. The van der Waals surface area contributed by atoms with Crippen LogP contribution in [0.2, 0.25) is 0 Å². The third-order valence-corrected chi connectivity index (χ3v) is 9.41. The summed E-state index contributed by atoms with van der Waals surface area (Å²) in [6.45, 7) is 4.11. The van der Waals surface area contributed by atoms with Crippen LogP contribution in [0.3, 0.4) is 0 Å². The van der Waals surface area contributed by atoms with Gasteiger partial charge in [-0.05, 0) is 75.1 Å². The Labute approximate surface area is 332 Å². The van der Waals surface area contributed by atoms with Crippen LogP contribution in [0.15, 0.2) is 66.3 Å². The Bertz CT molecular complexity index is 1900. The van der Waals surface area contributed by atoms with Gasteiger partial charge in [0.15, 0.2) is 12.4 Å². The molecule has 1 saturated heterocycles. The molecule has 2 aromatic carbocycles. The molecular weight excluding hydrogens is 769 g/mol. The molecule has 1 heterocycles. The van der Waals surface area contributed by atoms with Crippen molar-refractivity contribution in [2.75, 3.05) is 13.2 Å². The first-order valence-electron chi connectivity index (χ1n) is 18.7. The highest BCUT2D eigenvalue weighted by Crippen LogP contribution is 2.45. The fourth-order valence-electron chi connectivity index (χ4n) is 6.83. The van der Waals surface area contributed by atoms with Gasteiger partial charge in [0.25, 0.3) is 0 Å². The molecule has 2 aliphatic carbocycles. The monoisotopic (exact) mass is 816 g/mol. The molecule has 0 unspecified atom stereocenters. The average molecular weight is 817 g/mol. The molecule has 14 nitrogen and oxygen atoms in total. The number of ether oxygens (including phenoxy) is 5.